The third-order valence-electron chi connectivity index (χ3n) is 4.44. The minimum Gasteiger partial charge on any atom is -0.478 e. The van der Waals surface area contributed by atoms with Gasteiger partial charge in [-0.25, -0.2) is 4.79 Å². The van der Waals surface area contributed by atoms with E-state index < -0.39 is 33.1 Å². The molecule has 0 saturated carbocycles. The zero-order valence-electron chi connectivity index (χ0n) is 15.4. The van der Waals surface area contributed by atoms with Gasteiger partial charge in [0.05, 0.1) is 34.2 Å². The first-order valence-electron chi connectivity index (χ1n) is 8.72. The SMILES string of the molecule is O=C(O)c1ccc(NC(=O)c2cc([N+](=O)[O-])c(N3CCOCC3)c([N+](=O)[O-])c2)cc1. The van der Waals surface area contributed by atoms with Gasteiger partial charge in [-0.15, -0.1) is 0 Å². The molecule has 30 heavy (non-hydrogen) atoms. The molecule has 0 spiro atoms. The summed E-state index contributed by atoms with van der Waals surface area (Å²) in [6.45, 7) is 1.01. The number of hydrogen-bond donors (Lipinski definition) is 2. The zero-order valence-corrected chi connectivity index (χ0v) is 15.4. The molecule has 2 aromatic carbocycles. The number of carboxylic acids is 1. The second-order valence-electron chi connectivity index (χ2n) is 6.31. The summed E-state index contributed by atoms with van der Waals surface area (Å²) in [7, 11) is 0. The van der Waals surface area contributed by atoms with Gasteiger partial charge in [-0.05, 0) is 24.3 Å². The minimum absolute atomic E-state index is 0.00846. The summed E-state index contributed by atoms with van der Waals surface area (Å²) in [4.78, 5) is 46.6. The van der Waals surface area contributed by atoms with Crippen LogP contribution in [0.3, 0.4) is 0 Å². The number of carbonyl (C=O) groups excluding carboxylic acids is 1. The maximum absolute atomic E-state index is 12.6. The van der Waals surface area contributed by atoms with Crippen molar-refractivity contribution < 1.29 is 29.3 Å². The van der Waals surface area contributed by atoms with Crippen LogP contribution in [-0.2, 0) is 4.74 Å². The van der Waals surface area contributed by atoms with Gasteiger partial charge in [-0.1, -0.05) is 0 Å². The van der Waals surface area contributed by atoms with E-state index in [1.165, 1.54) is 29.2 Å². The standard InChI is InChI=1S/C18H16N4O8/c23-17(19-13-3-1-11(2-4-13)18(24)25)12-9-14(21(26)27)16(15(10-12)22(28)29)20-5-7-30-8-6-20/h1-4,9-10H,5-8H2,(H,19,23)(H,24,25). The summed E-state index contributed by atoms with van der Waals surface area (Å²) in [6.07, 6.45) is 0. The van der Waals surface area contributed by atoms with Gasteiger partial charge in [0.25, 0.3) is 17.3 Å². The van der Waals surface area contributed by atoms with E-state index >= 15 is 0 Å². The summed E-state index contributed by atoms with van der Waals surface area (Å²) in [5.74, 6) is -1.95. The van der Waals surface area contributed by atoms with Crippen molar-refractivity contribution >= 4 is 34.6 Å². The monoisotopic (exact) mass is 416 g/mol. The number of amides is 1. The van der Waals surface area contributed by atoms with Gasteiger partial charge in [0.2, 0.25) is 0 Å². The predicted octanol–water partition coefficient (Wildman–Crippen LogP) is 2.29. The van der Waals surface area contributed by atoms with Gasteiger partial charge in [0, 0.05) is 30.9 Å². The first kappa shape index (κ1) is 20.7. The van der Waals surface area contributed by atoms with Crippen molar-refractivity contribution in [2.24, 2.45) is 0 Å². The number of rotatable bonds is 6. The van der Waals surface area contributed by atoms with E-state index in [2.05, 4.69) is 5.32 Å². The Morgan fingerprint density at radius 3 is 1.97 bits per heavy atom. The number of benzene rings is 2. The fraction of sp³-hybridized carbons (Fsp3) is 0.222. The van der Waals surface area contributed by atoms with Crippen LogP contribution in [0.15, 0.2) is 36.4 Å². The number of morpholine rings is 1. The first-order valence-corrected chi connectivity index (χ1v) is 8.72. The Morgan fingerprint density at radius 2 is 1.50 bits per heavy atom. The molecule has 156 valence electrons. The van der Waals surface area contributed by atoms with Gasteiger partial charge in [0.1, 0.15) is 0 Å². The van der Waals surface area contributed by atoms with Crippen LogP contribution < -0.4 is 10.2 Å². The second kappa shape index (κ2) is 8.53. The van der Waals surface area contributed by atoms with E-state index in [4.69, 9.17) is 9.84 Å². The highest BCUT2D eigenvalue weighted by molar-refractivity contribution is 6.06. The molecule has 1 saturated heterocycles. The Balaban J connectivity index is 1.98. The van der Waals surface area contributed by atoms with Crippen LogP contribution in [-0.4, -0.2) is 53.1 Å². The van der Waals surface area contributed by atoms with E-state index in [0.717, 1.165) is 12.1 Å². The number of anilines is 2. The van der Waals surface area contributed by atoms with Crippen molar-refractivity contribution in [1.29, 1.82) is 0 Å². The summed E-state index contributed by atoms with van der Waals surface area (Å²) >= 11 is 0. The number of ether oxygens (including phenoxy) is 1. The summed E-state index contributed by atoms with van der Waals surface area (Å²) in [6, 6.07) is 7.19. The van der Waals surface area contributed by atoms with Crippen molar-refractivity contribution in [3.8, 4) is 0 Å². The highest BCUT2D eigenvalue weighted by Gasteiger charge is 2.33. The smallest absolute Gasteiger partial charge is 0.335 e. The van der Waals surface area contributed by atoms with Crippen LogP contribution in [0.4, 0.5) is 22.7 Å². The lowest BCUT2D eigenvalue weighted by molar-refractivity contribution is -0.392. The molecule has 2 aromatic rings. The van der Waals surface area contributed by atoms with E-state index in [1.54, 1.807) is 0 Å². The van der Waals surface area contributed by atoms with E-state index in [1.807, 2.05) is 0 Å². The number of nitrogens with one attached hydrogen (secondary N) is 1. The third kappa shape index (κ3) is 4.33. The van der Waals surface area contributed by atoms with Gasteiger partial charge in [-0.2, -0.15) is 0 Å². The molecule has 1 fully saturated rings. The molecule has 0 radical (unpaired) electrons. The molecule has 0 unspecified atom stereocenters. The van der Waals surface area contributed by atoms with Crippen LogP contribution in [0.5, 0.6) is 0 Å². The Bertz CT molecular complexity index is 980. The zero-order chi connectivity index (χ0) is 21.8. The lowest BCUT2D eigenvalue weighted by Crippen LogP contribution is -2.37. The average Bonchev–Trinajstić information content (AvgIpc) is 2.73. The summed E-state index contributed by atoms with van der Waals surface area (Å²) in [5.41, 5.74) is -1.32. The van der Waals surface area contributed by atoms with Crippen molar-refractivity contribution in [2.75, 3.05) is 36.5 Å². The minimum atomic E-state index is -1.14. The number of nitro benzene ring substituents is 2. The van der Waals surface area contributed by atoms with Gasteiger partial charge in [-0.3, -0.25) is 25.0 Å². The van der Waals surface area contributed by atoms with Crippen molar-refractivity contribution in [2.45, 2.75) is 0 Å². The van der Waals surface area contributed by atoms with E-state index in [-0.39, 0.29) is 48.8 Å². The average molecular weight is 416 g/mol. The molecule has 1 aliphatic heterocycles. The maximum Gasteiger partial charge on any atom is 0.335 e. The number of carbonyl (C=O) groups is 2. The molecule has 1 aliphatic rings. The molecule has 0 bridgehead atoms. The Kier molecular flexibility index (Phi) is 5.88. The Hall–Kier alpha value is -4.06. The van der Waals surface area contributed by atoms with Crippen molar-refractivity contribution in [3.05, 3.63) is 67.8 Å². The largest absolute Gasteiger partial charge is 0.478 e. The highest BCUT2D eigenvalue weighted by atomic mass is 16.6. The number of aromatic carboxylic acids is 1. The fourth-order valence-corrected chi connectivity index (χ4v) is 3.02. The van der Waals surface area contributed by atoms with Crippen LogP contribution in [0.2, 0.25) is 0 Å². The highest BCUT2D eigenvalue weighted by Crippen LogP contribution is 2.39. The summed E-state index contributed by atoms with van der Waals surface area (Å²) < 4.78 is 5.19. The molecule has 1 heterocycles. The van der Waals surface area contributed by atoms with E-state index in [9.17, 15) is 29.8 Å². The third-order valence-corrected chi connectivity index (χ3v) is 4.44. The molecule has 0 atom stereocenters. The Morgan fingerprint density at radius 1 is 0.967 bits per heavy atom. The molecule has 1 amide bonds. The molecule has 3 rings (SSSR count). The normalized spacial score (nSPS) is 13.5. The molecule has 12 heteroatoms. The topological polar surface area (TPSA) is 165 Å². The van der Waals surface area contributed by atoms with Crippen molar-refractivity contribution in [1.82, 2.24) is 0 Å². The lowest BCUT2D eigenvalue weighted by Gasteiger charge is -2.28. The fourth-order valence-electron chi connectivity index (χ4n) is 3.02. The molecule has 0 aromatic heterocycles. The van der Waals surface area contributed by atoms with Crippen molar-refractivity contribution in [3.63, 3.8) is 0 Å². The summed E-state index contributed by atoms with van der Waals surface area (Å²) in [5, 5.41) is 34.6. The van der Waals surface area contributed by atoms with Crippen LogP contribution in [0.25, 0.3) is 0 Å². The predicted molar refractivity (Wildman–Crippen MR) is 104 cm³/mol. The first-order chi connectivity index (χ1) is 14.3. The Labute approximate surface area is 169 Å². The molecule has 2 N–H and O–H groups in total. The quantitative estimate of drug-likeness (QED) is 0.530. The molecular formula is C18H16N4O8. The number of carboxylic acid groups (broad SMARTS) is 1. The number of hydrogen-bond acceptors (Lipinski definition) is 8. The van der Waals surface area contributed by atoms with Gasteiger partial charge >= 0.3 is 5.97 Å². The van der Waals surface area contributed by atoms with E-state index in [0.29, 0.717) is 0 Å². The molecular weight excluding hydrogens is 400 g/mol. The van der Waals surface area contributed by atoms with Gasteiger partial charge in [0.15, 0.2) is 5.69 Å². The number of nitrogens with zero attached hydrogens (tertiary/aromatic N) is 3. The van der Waals surface area contributed by atoms with Crippen LogP contribution in [0.1, 0.15) is 20.7 Å². The van der Waals surface area contributed by atoms with Crippen LogP contribution in [0, 0.1) is 20.2 Å². The molecule has 0 aliphatic carbocycles. The second-order valence-corrected chi connectivity index (χ2v) is 6.31. The lowest BCUT2D eigenvalue weighted by atomic mass is 10.1. The van der Waals surface area contributed by atoms with Crippen LogP contribution >= 0.6 is 0 Å². The van der Waals surface area contributed by atoms with Gasteiger partial charge < -0.3 is 20.1 Å². The number of nitro groups is 2. The maximum atomic E-state index is 12.6. The molecule has 12 nitrogen and oxygen atoms in total.